The number of fused-ring (bicyclic) bond motifs is 1. The van der Waals surface area contributed by atoms with E-state index in [2.05, 4.69) is 0 Å². The Morgan fingerprint density at radius 1 is 1.03 bits per heavy atom. The highest BCUT2D eigenvalue weighted by Gasteiger charge is 2.31. The lowest BCUT2D eigenvalue weighted by Crippen LogP contribution is -2.35. The summed E-state index contributed by atoms with van der Waals surface area (Å²) in [5.41, 5.74) is 2.57. The molecule has 1 aliphatic rings. The molecule has 0 radical (unpaired) electrons. The maximum atomic E-state index is 14.3. The summed E-state index contributed by atoms with van der Waals surface area (Å²) in [6, 6.07) is 18.7. The molecular formula is C25H24FNO4S. The highest BCUT2D eigenvalue weighted by molar-refractivity contribution is 7.92. The lowest BCUT2D eigenvalue weighted by Gasteiger charge is -2.32. The Hall–Kier alpha value is -3.19. The summed E-state index contributed by atoms with van der Waals surface area (Å²) in [6.45, 7) is 0.464. The van der Waals surface area contributed by atoms with E-state index >= 15 is 0 Å². The van der Waals surface area contributed by atoms with Crippen molar-refractivity contribution in [2.45, 2.75) is 37.2 Å². The molecule has 0 unspecified atom stereocenters. The molecule has 32 heavy (non-hydrogen) atoms. The van der Waals surface area contributed by atoms with Crippen molar-refractivity contribution in [3.05, 3.63) is 89.2 Å². The number of carbonyl (C=O) groups excluding carboxylic acids is 1. The Kier molecular flexibility index (Phi) is 6.55. The average molecular weight is 454 g/mol. The molecule has 3 aromatic rings. The first-order chi connectivity index (χ1) is 15.5. The van der Waals surface area contributed by atoms with Gasteiger partial charge in [0.25, 0.3) is 10.0 Å². The maximum absolute atomic E-state index is 14.3. The highest BCUT2D eigenvalue weighted by atomic mass is 32.2. The van der Waals surface area contributed by atoms with E-state index < -0.39 is 10.0 Å². The van der Waals surface area contributed by atoms with Gasteiger partial charge in [-0.05, 0) is 60.2 Å². The number of nitrogens with zero attached hydrogens (tertiary/aromatic N) is 1. The zero-order valence-corrected chi connectivity index (χ0v) is 18.4. The van der Waals surface area contributed by atoms with E-state index in [9.17, 15) is 17.6 Å². The summed E-state index contributed by atoms with van der Waals surface area (Å²) >= 11 is 0. The van der Waals surface area contributed by atoms with Crippen LogP contribution in [0.3, 0.4) is 0 Å². The van der Waals surface area contributed by atoms with Gasteiger partial charge in [0, 0.05) is 13.0 Å². The van der Waals surface area contributed by atoms with Gasteiger partial charge < -0.3 is 9.53 Å². The molecule has 0 fully saturated rings. The second kappa shape index (κ2) is 9.53. The number of para-hydroxylation sites is 1. The molecule has 0 saturated carbocycles. The van der Waals surface area contributed by atoms with Crippen molar-refractivity contribution in [1.82, 2.24) is 0 Å². The summed E-state index contributed by atoms with van der Waals surface area (Å²) in [4.78, 5) is 10.8. The van der Waals surface area contributed by atoms with Crippen LogP contribution in [0.15, 0.2) is 71.6 Å². The topological polar surface area (TPSA) is 63.7 Å². The number of hydrogen-bond acceptors (Lipinski definition) is 4. The van der Waals surface area contributed by atoms with Crippen molar-refractivity contribution < 1.29 is 22.3 Å². The molecule has 1 heterocycles. The van der Waals surface area contributed by atoms with Crippen molar-refractivity contribution in [3.8, 4) is 5.75 Å². The molecule has 4 rings (SSSR count). The number of aldehydes is 1. The first-order valence-electron chi connectivity index (χ1n) is 10.5. The minimum atomic E-state index is -3.74. The lowest BCUT2D eigenvalue weighted by molar-refractivity contribution is -0.107. The SMILES string of the molecule is O=CCCc1ccc(COc2cccc3c2N(S(=O)(=O)c2ccccc2)CCC3)cc1F. The number of anilines is 1. The van der Waals surface area contributed by atoms with E-state index in [4.69, 9.17) is 4.74 Å². The Morgan fingerprint density at radius 3 is 2.59 bits per heavy atom. The third kappa shape index (κ3) is 4.53. The number of sulfonamides is 1. The molecule has 0 N–H and O–H groups in total. The van der Waals surface area contributed by atoms with Crippen LogP contribution in [0.5, 0.6) is 5.75 Å². The number of halogens is 1. The highest BCUT2D eigenvalue weighted by Crippen LogP contribution is 2.39. The van der Waals surface area contributed by atoms with Crippen LogP contribution in [0.2, 0.25) is 0 Å². The molecular weight excluding hydrogens is 429 g/mol. The van der Waals surface area contributed by atoms with Crippen LogP contribution < -0.4 is 9.04 Å². The van der Waals surface area contributed by atoms with Gasteiger partial charge in [0.1, 0.15) is 24.5 Å². The number of hydrogen-bond donors (Lipinski definition) is 0. The van der Waals surface area contributed by atoms with Crippen LogP contribution in [-0.4, -0.2) is 21.2 Å². The fourth-order valence-electron chi connectivity index (χ4n) is 3.91. The van der Waals surface area contributed by atoms with Crippen LogP contribution in [0.25, 0.3) is 0 Å². The molecule has 0 spiro atoms. The van der Waals surface area contributed by atoms with Crippen molar-refractivity contribution in [2.75, 3.05) is 10.8 Å². The Labute approximate surface area is 187 Å². The fourth-order valence-corrected chi connectivity index (χ4v) is 5.49. The second-order valence-electron chi connectivity index (χ2n) is 7.68. The minimum absolute atomic E-state index is 0.0978. The fraction of sp³-hybridized carbons (Fsp3) is 0.240. The summed E-state index contributed by atoms with van der Waals surface area (Å²) in [5, 5.41) is 0. The predicted molar refractivity (Wildman–Crippen MR) is 121 cm³/mol. The molecule has 0 amide bonds. The Morgan fingerprint density at radius 2 is 1.84 bits per heavy atom. The molecule has 166 valence electrons. The summed E-state index contributed by atoms with van der Waals surface area (Å²) in [5.74, 6) is 0.0727. The molecule has 0 aromatic heterocycles. The molecule has 0 aliphatic carbocycles. The quantitative estimate of drug-likeness (QED) is 0.465. The third-order valence-electron chi connectivity index (χ3n) is 5.51. The molecule has 1 aliphatic heterocycles. The first-order valence-corrected chi connectivity index (χ1v) is 12.0. The number of ether oxygens (including phenoxy) is 1. The third-order valence-corrected chi connectivity index (χ3v) is 7.33. The van der Waals surface area contributed by atoms with Crippen molar-refractivity contribution in [3.63, 3.8) is 0 Å². The molecule has 0 saturated heterocycles. The van der Waals surface area contributed by atoms with E-state index in [0.29, 0.717) is 35.5 Å². The van der Waals surface area contributed by atoms with Gasteiger partial charge in [0.15, 0.2) is 0 Å². The first kappa shape index (κ1) is 22.0. The maximum Gasteiger partial charge on any atom is 0.264 e. The molecule has 5 nitrogen and oxygen atoms in total. The van der Waals surface area contributed by atoms with Crippen LogP contribution in [0.1, 0.15) is 29.5 Å². The monoisotopic (exact) mass is 453 g/mol. The molecule has 0 bridgehead atoms. The zero-order valence-electron chi connectivity index (χ0n) is 17.5. The van der Waals surface area contributed by atoms with Crippen LogP contribution >= 0.6 is 0 Å². The Bertz CT molecular complexity index is 1210. The van der Waals surface area contributed by atoms with Gasteiger partial charge >= 0.3 is 0 Å². The van der Waals surface area contributed by atoms with Gasteiger partial charge in [-0.3, -0.25) is 4.31 Å². The van der Waals surface area contributed by atoms with Crippen molar-refractivity contribution in [2.24, 2.45) is 0 Å². The minimum Gasteiger partial charge on any atom is -0.487 e. The number of carbonyl (C=O) groups is 1. The summed E-state index contributed by atoms with van der Waals surface area (Å²) in [6.07, 6.45) is 2.87. The Balaban J connectivity index is 1.61. The van der Waals surface area contributed by atoms with Gasteiger partial charge in [-0.1, -0.05) is 42.5 Å². The standard InChI is InChI=1S/C25H24FNO4S/c26-23-17-19(13-14-20(23)9-6-16-28)18-31-24-12-4-7-21-8-5-15-27(25(21)24)32(29,30)22-10-2-1-3-11-22/h1-4,7,10-14,16-17H,5-6,8-9,15,18H2. The number of rotatable bonds is 8. The van der Waals surface area contributed by atoms with Gasteiger partial charge in [-0.15, -0.1) is 0 Å². The van der Waals surface area contributed by atoms with Crippen molar-refractivity contribution in [1.29, 1.82) is 0 Å². The van der Waals surface area contributed by atoms with Crippen LogP contribution in [0.4, 0.5) is 10.1 Å². The second-order valence-corrected chi connectivity index (χ2v) is 9.54. The van der Waals surface area contributed by atoms with Crippen molar-refractivity contribution >= 4 is 22.0 Å². The zero-order chi connectivity index (χ0) is 22.6. The smallest absolute Gasteiger partial charge is 0.264 e. The molecule has 0 atom stereocenters. The van der Waals surface area contributed by atoms with E-state index in [1.165, 1.54) is 10.4 Å². The van der Waals surface area contributed by atoms with E-state index in [-0.39, 0.29) is 23.7 Å². The van der Waals surface area contributed by atoms with Gasteiger partial charge in [-0.25, -0.2) is 12.8 Å². The summed E-state index contributed by atoms with van der Waals surface area (Å²) < 4.78 is 48.4. The summed E-state index contributed by atoms with van der Waals surface area (Å²) in [7, 11) is -3.74. The largest absolute Gasteiger partial charge is 0.487 e. The van der Waals surface area contributed by atoms with E-state index in [0.717, 1.165) is 24.7 Å². The van der Waals surface area contributed by atoms with E-state index in [1.807, 2.05) is 12.1 Å². The lowest BCUT2D eigenvalue weighted by atomic mass is 10.0. The molecule has 7 heteroatoms. The average Bonchev–Trinajstić information content (AvgIpc) is 2.82. The van der Waals surface area contributed by atoms with Gasteiger partial charge in [-0.2, -0.15) is 0 Å². The van der Waals surface area contributed by atoms with E-state index in [1.54, 1.807) is 48.5 Å². The number of benzene rings is 3. The molecule has 3 aromatic carbocycles. The van der Waals surface area contributed by atoms with Crippen LogP contribution in [0, 0.1) is 5.82 Å². The van der Waals surface area contributed by atoms with Gasteiger partial charge in [0.2, 0.25) is 0 Å². The normalized spacial score (nSPS) is 13.5. The number of aryl methyl sites for hydroxylation is 2. The van der Waals surface area contributed by atoms with Crippen LogP contribution in [-0.2, 0) is 34.3 Å². The predicted octanol–water partition coefficient (Wildman–Crippen LogP) is 4.68. The van der Waals surface area contributed by atoms with Gasteiger partial charge in [0.05, 0.1) is 10.6 Å².